The van der Waals surface area contributed by atoms with Gasteiger partial charge >= 0.3 is 6.18 Å². The molecule has 2 heterocycles. The zero-order chi connectivity index (χ0) is 19.0. The number of nitrogens with zero attached hydrogens (tertiary/aromatic N) is 4. The van der Waals surface area contributed by atoms with Gasteiger partial charge in [0.05, 0.1) is 23.5 Å². The molecule has 1 aliphatic heterocycles. The Kier molecular flexibility index (Phi) is 4.25. The van der Waals surface area contributed by atoms with Crippen molar-refractivity contribution >= 4 is 5.71 Å². The average Bonchev–Trinajstić information content (AvgIpc) is 2.97. The van der Waals surface area contributed by atoms with E-state index in [-0.39, 0.29) is 13.1 Å². The van der Waals surface area contributed by atoms with Crippen LogP contribution < -0.4 is 5.48 Å². The fourth-order valence-corrected chi connectivity index (χ4v) is 3.09. The van der Waals surface area contributed by atoms with E-state index in [1.807, 2.05) is 11.5 Å². The van der Waals surface area contributed by atoms with E-state index < -0.39 is 11.7 Å². The van der Waals surface area contributed by atoms with Gasteiger partial charge in [0, 0.05) is 11.1 Å². The van der Waals surface area contributed by atoms with E-state index in [1.165, 1.54) is 6.07 Å². The van der Waals surface area contributed by atoms with Gasteiger partial charge in [-0.05, 0) is 18.2 Å². The molecule has 0 radical (unpaired) electrons. The van der Waals surface area contributed by atoms with Gasteiger partial charge in [-0.3, -0.25) is 9.56 Å². The Labute approximate surface area is 152 Å². The third-order valence-corrected chi connectivity index (χ3v) is 4.28. The first-order valence-electron chi connectivity index (χ1n) is 8.11. The van der Waals surface area contributed by atoms with Gasteiger partial charge in [-0.15, -0.1) is 10.2 Å². The van der Waals surface area contributed by atoms with Gasteiger partial charge in [-0.2, -0.15) is 18.7 Å². The minimum atomic E-state index is -4.48. The molecule has 0 amide bonds. The van der Waals surface area contributed by atoms with E-state index in [9.17, 15) is 13.2 Å². The number of rotatable bonds is 3. The van der Waals surface area contributed by atoms with Crippen molar-refractivity contribution in [3.63, 3.8) is 0 Å². The SMILES string of the molecule is ONCc1nnc2n1-c1ccc(C(F)(F)F)cc1C(c1ccccc1)=NC2. The zero-order valence-corrected chi connectivity index (χ0v) is 13.9. The van der Waals surface area contributed by atoms with Gasteiger partial charge in [0.2, 0.25) is 0 Å². The summed E-state index contributed by atoms with van der Waals surface area (Å²) in [5.74, 6) is 0.852. The topological polar surface area (TPSA) is 75.3 Å². The van der Waals surface area contributed by atoms with Crippen LogP contribution in [0.3, 0.4) is 0 Å². The molecule has 1 aromatic heterocycles. The smallest absolute Gasteiger partial charge is 0.316 e. The molecule has 9 heteroatoms. The van der Waals surface area contributed by atoms with Gasteiger partial charge in [-0.25, -0.2) is 0 Å². The Morgan fingerprint density at radius 3 is 2.56 bits per heavy atom. The third-order valence-electron chi connectivity index (χ3n) is 4.28. The highest BCUT2D eigenvalue weighted by Gasteiger charge is 2.33. The fourth-order valence-electron chi connectivity index (χ4n) is 3.09. The summed E-state index contributed by atoms with van der Waals surface area (Å²) in [5, 5.41) is 17.1. The van der Waals surface area contributed by atoms with Crippen LogP contribution in [0, 0.1) is 0 Å². The Balaban J connectivity index is 1.98. The van der Waals surface area contributed by atoms with E-state index >= 15 is 0 Å². The van der Waals surface area contributed by atoms with Crippen molar-refractivity contribution in [2.24, 2.45) is 4.99 Å². The largest absolute Gasteiger partial charge is 0.416 e. The predicted octanol–water partition coefficient (Wildman–Crippen LogP) is 3.12. The van der Waals surface area contributed by atoms with Crippen LogP contribution in [-0.4, -0.2) is 25.7 Å². The molecular weight excluding hydrogens is 359 g/mol. The number of aliphatic imine (C=N–C) groups is 1. The van der Waals surface area contributed by atoms with Gasteiger partial charge in [0.15, 0.2) is 11.6 Å². The summed E-state index contributed by atoms with van der Waals surface area (Å²) in [6.45, 7) is 0.146. The lowest BCUT2D eigenvalue weighted by molar-refractivity contribution is -0.137. The van der Waals surface area contributed by atoms with Crippen LogP contribution in [0.25, 0.3) is 5.69 Å². The second-order valence-electron chi connectivity index (χ2n) is 5.96. The standard InChI is InChI=1S/C18H14F3N5O/c19-18(20,21)12-6-7-14-13(8-12)17(11-4-2-1-3-5-11)22-9-15-24-25-16(10-23-27)26(14)15/h1-8,23,27H,9-10H2. The Morgan fingerprint density at radius 2 is 1.85 bits per heavy atom. The first kappa shape index (κ1) is 17.4. The highest BCUT2D eigenvalue weighted by Crippen LogP contribution is 2.34. The van der Waals surface area contributed by atoms with Crippen LogP contribution in [0.5, 0.6) is 0 Å². The number of alkyl halides is 3. The first-order chi connectivity index (χ1) is 13.0. The summed E-state index contributed by atoms with van der Waals surface area (Å²) in [6.07, 6.45) is -4.48. The lowest BCUT2D eigenvalue weighted by Gasteiger charge is -2.16. The summed E-state index contributed by atoms with van der Waals surface area (Å²) < 4.78 is 41.6. The van der Waals surface area contributed by atoms with Crippen LogP contribution in [0.2, 0.25) is 0 Å². The molecule has 0 unspecified atom stereocenters. The van der Waals surface area contributed by atoms with Crippen LogP contribution in [-0.2, 0) is 19.3 Å². The van der Waals surface area contributed by atoms with E-state index in [0.29, 0.717) is 34.2 Å². The minimum Gasteiger partial charge on any atom is -0.316 e. The van der Waals surface area contributed by atoms with E-state index in [1.54, 1.807) is 28.8 Å². The van der Waals surface area contributed by atoms with Gasteiger partial charge in [0.1, 0.15) is 6.54 Å². The first-order valence-corrected chi connectivity index (χ1v) is 8.11. The van der Waals surface area contributed by atoms with E-state index in [4.69, 9.17) is 5.21 Å². The molecular formula is C18H14F3N5O. The molecule has 0 atom stereocenters. The monoisotopic (exact) mass is 373 g/mol. The zero-order valence-electron chi connectivity index (χ0n) is 13.9. The van der Waals surface area contributed by atoms with E-state index in [0.717, 1.165) is 12.1 Å². The number of fused-ring (bicyclic) bond motifs is 3. The van der Waals surface area contributed by atoms with Crippen molar-refractivity contribution in [3.8, 4) is 5.69 Å². The van der Waals surface area contributed by atoms with Gasteiger partial charge in [0.25, 0.3) is 0 Å². The fraction of sp³-hybridized carbons (Fsp3) is 0.167. The second kappa shape index (κ2) is 6.60. The van der Waals surface area contributed by atoms with Crippen molar-refractivity contribution in [2.75, 3.05) is 0 Å². The van der Waals surface area contributed by atoms with Crippen molar-refractivity contribution < 1.29 is 18.4 Å². The number of hydrogen-bond acceptors (Lipinski definition) is 5. The number of halogens is 3. The molecule has 0 spiro atoms. The molecule has 0 aliphatic carbocycles. The normalized spacial score (nSPS) is 13.6. The van der Waals surface area contributed by atoms with Gasteiger partial charge in [-0.1, -0.05) is 30.3 Å². The second-order valence-corrected chi connectivity index (χ2v) is 5.96. The van der Waals surface area contributed by atoms with Crippen LogP contribution in [0.4, 0.5) is 13.2 Å². The van der Waals surface area contributed by atoms with Crippen molar-refractivity contribution in [3.05, 3.63) is 76.9 Å². The summed E-state index contributed by atoms with van der Waals surface area (Å²) in [5.41, 5.74) is 3.21. The van der Waals surface area contributed by atoms with Crippen molar-refractivity contribution in [1.29, 1.82) is 0 Å². The molecule has 2 aromatic carbocycles. The number of aromatic nitrogens is 3. The quantitative estimate of drug-likeness (QED) is 0.692. The Hall–Kier alpha value is -3.04. The molecule has 0 bridgehead atoms. The lowest BCUT2D eigenvalue weighted by atomic mass is 9.98. The van der Waals surface area contributed by atoms with Crippen molar-refractivity contribution in [1.82, 2.24) is 20.2 Å². The molecule has 0 saturated heterocycles. The summed E-state index contributed by atoms with van der Waals surface area (Å²) in [7, 11) is 0. The number of hydroxylamine groups is 1. The summed E-state index contributed by atoms with van der Waals surface area (Å²) >= 11 is 0. The predicted molar refractivity (Wildman–Crippen MR) is 90.8 cm³/mol. The molecule has 3 aromatic rings. The highest BCUT2D eigenvalue weighted by atomic mass is 19.4. The lowest BCUT2D eigenvalue weighted by Crippen LogP contribution is -2.16. The number of nitrogens with one attached hydrogen (secondary N) is 1. The molecule has 4 rings (SSSR count). The van der Waals surface area contributed by atoms with Crippen molar-refractivity contribution in [2.45, 2.75) is 19.3 Å². The molecule has 2 N–H and O–H groups in total. The molecule has 6 nitrogen and oxygen atoms in total. The molecule has 0 saturated carbocycles. The Morgan fingerprint density at radius 1 is 1.07 bits per heavy atom. The van der Waals surface area contributed by atoms with Crippen LogP contribution in [0.1, 0.15) is 28.3 Å². The van der Waals surface area contributed by atoms with E-state index in [2.05, 4.69) is 15.2 Å². The maximum atomic E-state index is 13.3. The summed E-state index contributed by atoms with van der Waals surface area (Å²) in [4.78, 5) is 4.52. The molecule has 0 fully saturated rings. The number of hydrogen-bond donors (Lipinski definition) is 2. The summed E-state index contributed by atoms with van der Waals surface area (Å²) in [6, 6.07) is 12.5. The minimum absolute atomic E-state index is 0.00582. The van der Waals surface area contributed by atoms with Crippen LogP contribution in [0.15, 0.2) is 53.5 Å². The molecule has 27 heavy (non-hydrogen) atoms. The van der Waals surface area contributed by atoms with Crippen LogP contribution >= 0.6 is 0 Å². The third kappa shape index (κ3) is 3.11. The highest BCUT2D eigenvalue weighted by molar-refractivity contribution is 6.15. The van der Waals surface area contributed by atoms with Gasteiger partial charge < -0.3 is 5.21 Å². The molecule has 1 aliphatic rings. The average molecular weight is 373 g/mol. The maximum Gasteiger partial charge on any atom is 0.416 e. The number of benzene rings is 2. The Bertz CT molecular complexity index is 1010. The maximum absolute atomic E-state index is 13.3. The molecule has 138 valence electrons.